The highest BCUT2D eigenvalue weighted by Gasteiger charge is 2.28. The summed E-state index contributed by atoms with van der Waals surface area (Å²) in [5.41, 5.74) is 5.64. The van der Waals surface area contributed by atoms with Gasteiger partial charge in [0.05, 0.1) is 0 Å². The second kappa shape index (κ2) is 4.14. The van der Waals surface area contributed by atoms with Gasteiger partial charge in [0.25, 0.3) is 5.56 Å². The number of anilines is 1. The Bertz CT molecular complexity index is 466. The molecule has 1 atom stereocenters. The van der Waals surface area contributed by atoms with Gasteiger partial charge in [0, 0.05) is 25.1 Å². The summed E-state index contributed by atoms with van der Waals surface area (Å²) in [6.07, 6.45) is 3.40. The van der Waals surface area contributed by atoms with E-state index in [1.807, 2.05) is 0 Å². The summed E-state index contributed by atoms with van der Waals surface area (Å²) in [6.45, 7) is 2.61. The van der Waals surface area contributed by atoms with E-state index in [0.717, 1.165) is 50.5 Å². The minimum Gasteiger partial charge on any atom is -0.356 e. The molecule has 0 radical (unpaired) electrons. The van der Waals surface area contributed by atoms with Crippen molar-refractivity contribution in [3.63, 3.8) is 0 Å². The first-order valence-corrected chi connectivity index (χ1v) is 6.32. The Morgan fingerprint density at radius 1 is 1.47 bits per heavy atom. The van der Waals surface area contributed by atoms with Gasteiger partial charge in [0.15, 0.2) is 0 Å². The normalized spacial score (nSPS) is 24.3. The summed E-state index contributed by atoms with van der Waals surface area (Å²) in [7, 11) is 0. The summed E-state index contributed by atoms with van der Waals surface area (Å²) in [4.78, 5) is 21.2. The lowest BCUT2D eigenvalue weighted by atomic mass is 10.1. The maximum Gasteiger partial charge on any atom is 0.252 e. The van der Waals surface area contributed by atoms with Gasteiger partial charge in [-0.3, -0.25) is 4.79 Å². The molecule has 2 fully saturated rings. The van der Waals surface area contributed by atoms with Crippen LogP contribution in [0.5, 0.6) is 0 Å². The molecule has 3 N–H and O–H groups in total. The van der Waals surface area contributed by atoms with E-state index in [-0.39, 0.29) is 5.56 Å². The predicted molar refractivity (Wildman–Crippen MR) is 66.2 cm³/mol. The van der Waals surface area contributed by atoms with Crippen LogP contribution in [0, 0.1) is 5.92 Å². The topological polar surface area (TPSA) is 75.0 Å². The first kappa shape index (κ1) is 10.8. The first-order valence-electron chi connectivity index (χ1n) is 6.32. The van der Waals surface area contributed by atoms with Crippen LogP contribution in [-0.2, 0) is 0 Å². The van der Waals surface area contributed by atoms with Crippen molar-refractivity contribution in [2.75, 3.05) is 24.5 Å². The fourth-order valence-corrected chi connectivity index (χ4v) is 2.41. The monoisotopic (exact) mass is 234 g/mol. The van der Waals surface area contributed by atoms with Crippen LogP contribution >= 0.6 is 0 Å². The molecule has 1 aromatic rings. The molecule has 92 valence electrons. The number of aromatic amines is 1. The van der Waals surface area contributed by atoms with Gasteiger partial charge in [-0.15, -0.1) is 0 Å². The lowest BCUT2D eigenvalue weighted by Gasteiger charge is -2.17. The highest BCUT2D eigenvalue weighted by atomic mass is 16.1. The van der Waals surface area contributed by atoms with Gasteiger partial charge in [-0.1, -0.05) is 0 Å². The van der Waals surface area contributed by atoms with Gasteiger partial charge >= 0.3 is 0 Å². The molecule has 1 saturated carbocycles. The number of hydrogen-bond donors (Lipinski definition) is 2. The van der Waals surface area contributed by atoms with E-state index in [4.69, 9.17) is 5.73 Å². The predicted octanol–water partition coefficient (Wildman–Crippen LogP) is 0.432. The van der Waals surface area contributed by atoms with Crippen molar-refractivity contribution in [2.24, 2.45) is 11.7 Å². The Hall–Kier alpha value is -1.36. The molecule has 0 spiro atoms. The van der Waals surface area contributed by atoms with Crippen LogP contribution in [-0.4, -0.2) is 29.6 Å². The molecule has 5 nitrogen and oxygen atoms in total. The Labute approximate surface area is 100 Å². The number of hydrogen-bond acceptors (Lipinski definition) is 4. The Morgan fingerprint density at radius 3 is 2.94 bits per heavy atom. The number of nitrogens with zero attached hydrogens (tertiary/aromatic N) is 2. The second-order valence-electron chi connectivity index (χ2n) is 5.10. The zero-order chi connectivity index (χ0) is 11.8. The van der Waals surface area contributed by atoms with E-state index < -0.39 is 0 Å². The van der Waals surface area contributed by atoms with Crippen LogP contribution in [0.4, 0.5) is 5.82 Å². The summed E-state index contributed by atoms with van der Waals surface area (Å²) in [5.74, 6) is 2.71. The van der Waals surface area contributed by atoms with Crippen LogP contribution in [0.25, 0.3) is 0 Å². The number of H-pyrrole nitrogens is 1. The number of nitrogens with two attached hydrogens (primary N) is 1. The molecule has 17 heavy (non-hydrogen) atoms. The van der Waals surface area contributed by atoms with Crippen molar-refractivity contribution in [2.45, 2.75) is 25.2 Å². The van der Waals surface area contributed by atoms with E-state index in [1.54, 1.807) is 6.07 Å². The lowest BCUT2D eigenvalue weighted by molar-refractivity contribution is 0.602. The van der Waals surface area contributed by atoms with Crippen molar-refractivity contribution >= 4 is 5.82 Å². The van der Waals surface area contributed by atoms with E-state index in [0.29, 0.717) is 11.8 Å². The van der Waals surface area contributed by atoms with Gasteiger partial charge in [0.1, 0.15) is 11.6 Å². The third-order valence-electron chi connectivity index (χ3n) is 3.65. The highest BCUT2D eigenvalue weighted by Crippen LogP contribution is 2.38. The smallest absolute Gasteiger partial charge is 0.252 e. The van der Waals surface area contributed by atoms with E-state index in [2.05, 4.69) is 14.9 Å². The quantitative estimate of drug-likeness (QED) is 0.795. The third kappa shape index (κ3) is 2.20. The van der Waals surface area contributed by atoms with Gasteiger partial charge in [0.2, 0.25) is 0 Å². The average Bonchev–Trinajstić information content (AvgIpc) is 3.06. The molecule has 3 rings (SSSR count). The fraction of sp³-hybridized carbons (Fsp3) is 0.667. The maximum atomic E-state index is 11.6. The molecule has 5 heteroatoms. The number of rotatable bonds is 3. The molecule has 0 amide bonds. The summed E-state index contributed by atoms with van der Waals surface area (Å²) in [5, 5.41) is 0. The Balaban J connectivity index is 1.85. The molecule has 2 aliphatic rings. The fourth-order valence-electron chi connectivity index (χ4n) is 2.41. The van der Waals surface area contributed by atoms with Crippen LogP contribution in [0.3, 0.4) is 0 Å². The van der Waals surface area contributed by atoms with E-state index >= 15 is 0 Å². The summed E-state index contributed by atoms with van der Waals surface area (Å²) >= 11 is 0. The zero-order valence-electron chi connectivity index (χ0n) is 9.85. The zero-order valence-corrected chi connectivity index (χ0v) is 9.85. The minimum atomic E-state index is -0.0342. The van der Waals surface area contributed by atoms with Crippen molar-refractivity contribution in [3.05, 3.63) is 22.2 Å². The van der Waals surface area contributed by atoms with Crippen LogP contribution in [0.1, 0.15) is 31.0 Å². The average molecular weight is 234 g/mol. The molecule has 0 bridgehead atoms. The SMILES string of the molecule is NCC1CCN(c2cc(=O)[nH]c(C3CC3)n2)C1. The van der Waals surface area contributed by atoms with Gasteiger partial charge in [-0.05, 0) is 31.7 Å². The van der Waals surface area contributed by atoms with Crippen LogP contribution < -0.4 is 16.2 Å². The molecule has 2 heterocycles. The molecule has 1 saturated heterocycles. The van der Waals surface area contributed by atoms with Gasteiger partial charge in [-0.2, -0.15) is 0 Å². The summed E-state index contributed by atoms with van der Waals surface area (Å²) < 4.78 is 0. The van der Waals surface area contributed by atoms with Gasteiger partial charge < -0.3 is 15.6 Å². The van der Waals surface area contributed by atoms with E-state index in [1.165, 1.54) is 0 Å². The largest absolute Gasteiger partial charge is 0.356 e. The van der Waals surface area contributed by atoms with Crippen molar-refractivity contribution in [1.29, 1.82) is 0 Å². The molecular formula is C12H18N4O. The van der Waals surface area contributed by atoms with Gasteiger partial charge in [-0.25, -0.2) is 4.98 Å². The van der Waals surface area contributed by atoms with Crippen LogP contribution in [0.15, 0.2) is 10.9 Å². The number of nitrogens with one attached hydrogen (secondary N) is 1. The molecule has 1 aliphatic heterocycles. The highest BCUT2D eigenvalue weighted by molar-refractivity contribution is 5.39. The van der Waals surface area contributed by atoms with Crippen molar-refractivity contribution in [3.8, 4) is 0 Å². The Kier molecular flexibility index (Phi) is 2.63. The lowest BCUT2D eigenvalue weighted by Crippen LogP contribution is -2.25. The molecule has 1 unspecified atom stereocenters. The summed E-state index contributed by atoms with van der Waals surface area (Å²) in [6, 6.07) is 1.60. The minimum absolute atomic E-state index is 0.0342. The van der Waals surface area contributed by atoms with Crippen LogP contribution in [0.2, 0.25) is 0 Å². The third-order valence-corrected chi connectivity index (χ3v) is 3.65. The molecule has 0 aromatic carbocycles. The molecule has 1 aromatic heterocycles. The maximum absolute atomic E-state index is 11.6. The second-order valence-corrected chi connectivity index (χ2v) is 5.10. The molecule has 1 aliphatic carbocycles. The number of aromatic nitrogens is 2. The standard InChI is InChI=1S/C12H18N4O/c13-6-8-3-4-16(7-8)10-5-11(17)15-12(14-10)9-1-2-9/h5,8-9H,1-4,6-7,13H2,(H,14,15,17). The molecular weight excluding hydrogens is 216 g/mol. The van der Waals surface area contributed by atoms with E-state index in [9.17, 15) is 4.79 Å². The Morgan fingerprint density at radius 2 is 2.29 bits per heavy atom. The van der Waals surface area contributed by atoms with Crippen molar-refractivity contribution in [1.82, 2.24) is 9.97 Å². The first-order chi connectivity index (χ1) is 8.26. The van der Waals surface area contributed by atoms with Crippen molar-refractivity contribution < 1.29 is 0 Å².